The zero-order chi connectivity index (χ0) is 25.9. The van der Waals surface area contributed by atoms with E-state index in [0.29, 0.717) is 24.5 Å². The molecule has 5 aromatic carbocycles. The molecule has 6 rings (SSSR count). The second kappa shape index (κ2) is 10.3. The highest BCUT2D eigenvalue weighted by atomic mass is 16.5. The highest BCUT2D eigenvalue weighted by Crippen LogP contribution is 2.45. The standard InChI is InChI=1S/C34H27NO3/c36-32-21-28(38-23-25-9-3-1-4-10-25)19-20-30(32)33-29-13-7-8-14-31(29)35(34(33)37)22-24-15-17-27(18-16-24)26-11-5-2-6-12-26/h1-21,33,36H,22-23H2. The van der Waals surface area contributed by atoms with E-state index in [-0.39, 0.29) is 11.7 Å². The van der Waals surface area contributed by atoms with E-state index < -0.39 is 5.92 Å². The number of carbonyl (C=O) groups is 1. The number of aromatic hydroxyl groups is 1. The molecule has 1 aliphatic heterocycles. The Morgan fingerprint density at radius 1 is 0.658 bits per heavy atom. The van der Waals surface area contributed by atoms with Gasteiger partial charge in [0.05, 0.1) is 12.5 Å². The van der Waals surface area contributed by atoms with Crippen molar-refractivity contribution in [2.45, 2.75) is 19.1 Å². The monoisotopic (exact) mass is 497 g/mol. The van der Waals surface area contributed by atoms with Gasteiger partial charge in [-0.15, -0.1) is 0 Å². The summed E-state index contributed by atoms with van der Waals surface area (Å²) in [6, 6.07) is 41.5. The van der Waals surface area contributed by atoms with Gasteiger partial charge in [-0.1, -0.05) is 109 Å². The molecule has 5 aromatic rings. The maximum Gasteiger partial charge on any atom is 0.239 e. The van der Waals surface area contributed by atoms with E-state index in [1.165, 1.54) is 0 Å². The first-order valence-corrected chi connectivity index (χ1v) is 12.7. The number of phenols is 1. The van der Waals surface area contributed by atoms with Crippen LogP contribution in [0.2, 0.25) is 0 Å². The largest absolute Gasteiger partial charge is 0.507 e. The quantitative estimate of drug-likeness (QED) is 0.256. The third-order valence-electron chi connectivity index (χ3n) is 7.01. The Morgan fingerprint density at radius 3 is 2.05 bits per heavy atom. The van der Waals surface area contributed by atoms with E-state index in [0.717, 1.165) is 33.5 Å². The Kier molecular flexibility index (Phi) is 6.37. The molecule has 1 N–H and O–H groups in total. The molecule has 1 heterocycles. The summed E-state index contributed by atoms with van der Waals surface area (Å²) in [5.41, 5.74) is 6.74. The summed E-state index contributed by atoms with van der Waals surface area (Å²) in [5, 5.41) is 11.0. The number of carbonyl (C=O) groups excluding carboxylic acids is 1. The van der Waals surface area contributed by atoms with Crippen LogP contribution in [0.25, 0.3) is 11.1 Å². The highest BCUT2D eigenvalue weighted by Gasteiger charge is 2.39. The average Bonchev–Trinajstić information content (AvgIpc) is 3.24. The maximum atomic E-state index is 13.8. The molecule has 0 saturated heterocycles. The number of para-hydroxylation sites is 1. The van der Waals surface area contributed by atoms with Gasteiger partial charge < -0.3 is 14.7 Å². The van der Waals surface area contributed by atoms with E-state index in [2.05, 4.69) is 36.4 Å². The normalized spacial score (nSPS) is 14.4. The molecule has 186 valence electrons. The van der Waals surface area contributed by atoms with Gasteiger partial charge in [-0.2, -0.15) is 0 Å². The molecule has 0 saturated carbocycles. The predicted molar refractivity (Wildman–Crippen MR) is 150 cm³/mol. The second-order valence-corrected chi connectivity index (χ2v) is 9.47. The Morgan fingerprint density at radius 2 is 1.32 bits per heavy atom. The lowest BCUT2D eigenvalue weighted by molar-refractivity contribution is -0.118. The minimum absolute atomic E-state index is 0.0495. The Balaban J connectivity index is 1.23. The van der Waals surface area contributed by atoms with Gasteiger partial charge in [-0.05, 0) is 39.9 Å². The number of anilines is 1. The van der Waals surface area contributed by atoms with Crippen molar-refractivity contribution >= 4 is 11.6 Å². The van der Waals surface area contributed by atoms with Gasteiger partial charge in [0.2, 0.25) is 5.91 Å². The summed E-state index contributed by atoms with van der Waals surface area (Å²) in [5.74, 6) is -0.00784. The lowest BCUT2D eigenvalue weighted by Crippen LogP contribution is -2.28. The van der Waals surface area contributed by atoms with Gasteiger partial charge in [0.15, 0.2) is 0 Å². The molecule has 1 aliphatic rings. The van der Waals surface area contributed by atoms with Crippen molar-refractivity contribution in [3.05, 3.63) is 150 Å². The summed E-state index contributed by atoms with van der Waals surface area (Å²) in [6.45, 7) is 0.863. The molecule has 4 nitrogen and oxygen atoms in total. The summed E-state index contributed by atoms with van der Waals surface area (Å²) >= 11 is 0. The van der Waals surface area contributed by atoms with Gasteiger partial charge >= 0.3 is 0 Å². The minimum atomic E-state index is -0.571. The van der Waals surface area contributed by atoms with Crippen LogP contribution < -0.4 is 9.64 Å². The lowest BCUT2D eigenvalue weighted by Gasteiger charge is -2.19. The zero-order valence-electron chi connectivity index (χ0n) is 20.8. The first-order chi connectivity index (χ1) is 18.7. The molecule has 0 aromatic heterocycles. The van der Waals surface area contributed by atoms with Crippen LogP contribution in [-0.2, 0) is 17.9 Å². The number of hydrogen-bond acceptors (Lipinski definition) is 3. The second-order valence-electron chi connectivity index (χ2n) is 9.47. The summed E-state index contributed by atoms with van der Waals surface area (Å²) in [7, 11) is 0. The molecular weight excluding hydrogens is 470 g/mol. The fourth-order valence-corrected chi connectivity index (χ4v) is 5.06. The van der Waals surface area contributed by atoms with E-state index in [1.807, 2.05) is 83.8 Å². The van der Waals surface area contributed by atoms with Crippen LogP contribution >= 0.6 is 0 Å². The van der Waals surface area contributed by atoms with Crippen molar-refractivity contribution in [3.8, 4) is 22.6 Å². The van der Waals surface area contributed by atoms with Crippen LogP contribution in [0.15, 0.2) is 127 Å². The van der Waals surface area contributed by atoms with Gasteiger partial charge in [0.25, 0.3) is 0 Å². The number of amides is 1. The first-order valence-electron chi connectivity index (χ1n) is 12.7. The number of fused-ring (bicyclic) bond motifs is 1. The zero-order valence-corrected chi connectivity index (χ0v) is 20.8. The third kappa shape index (κ3) is 4.64. The molecule has 4 heteroatoms. The molecule has 0 fully saturated rings. The van der Waals surface area contributed by atoms with E-state index in [4.69, 9.17) is 4.74 Å². The predicted octanol–water partition coefficient (Wildman–Crippen LogP) is 7.32. The Bertz CT molecular complexity index is 1560. The molecule has 1 atom stereocenters. The number of benzene rings is 5. The Labute approximate surface area is 222 Å². The lowest BCUT2D eigenvalue weighted by atomic mass is 9.92. The topological polar surface area (TPSA) is 49.8 Å². The fourth-order valence-electron chi connectivity index (χ4n) is 5.06. The van der Waals surface area contributed by atoms with Crippen molar-refractivity contribution in [2.75, 3.05) is 4.90 Å². The van der Waals surface area contributed by atoms with Gasteiger partial charge in [-0.3, -0.25) is 4.79 Å². The van der Waals surface area contributed by atoms with Crippen LogP contribution in [0, 0.1) is 0 Å². The summed E-state index contributed by atoms with van der Waals surface area (Å²) < 4.78 is 5.87. The molecule has 1 amide bonds. The molecule has 38 heavy (non-hydrogen) atoms. The maximum absolute atomic E-state index is 13.8. The van der Waals surface area contributed by atoms with Crippen molar-refractivity contribution in [3.63, 3.8) is 0 Å². The van der Waals surface area contributed by atoms with Crippen LogP contribution in [0.5, 0.6) is 11.5 Å². The van der Waals surface area contributed by atoms with Crippen molar-refractivity contribution in [1.29, 1.82) is 0 Å². The van der Waals surface area contributed by atoms with Crippen molar-refractivity contribution < 1.29 is 14.6 Å². The molecular formula is C34H27NO3. The van der Waals surface area contributed by atoms with Crippen LogP contribution in [0.3, 0.4) is 0 Å². The number of rotatable bonds is 7. The highest BCUT2D eigenvalue weighted by molar-refractivity contribution is 6.07. The molecule has 0 aliphatic carbocycles. The Hall–Kier alpha value is -4.83. The van der Waals surface area contributed by atoms with Gasteiger partial charge in [0.1, 0.15) is 18.1 Å². The SMILES string of the molecule is O=C1C(c2ccc(OCc3ccccc3)cc2O)c2ccccc2N1Cc1ccc(-c2ccccc2)cc1. The smallest absolute Gasteiger partial charge is 0.239 e. The first kappa shape index (κ1) is 23.6. The number of nitrogens with zero attached hydrogens (tertiary/aromatic N) is 1. The van der Waals surface area contributed by atoms with Crippen molar-refractivity contribution in [1.82, 2.24) is 0 Å². The number of phenolic OH excluding ortho intramolecular Hbond substituents is 1. The average molecular weight is 498 g/mol. The van der Waals surface area contributed by atoms with Crippen LogP contribution in [0.4, 0.5) is 5.69 Å². The molecule has 0 bridgehead atoms. The summed E-state index contributed by atoms with van der Waals surface area (Å²) in [4.78, 5) is 15.6. The molecule has 0 spiro atoms. The van der Waals surface area contributed by atoms with Crippen LogP contribution in [0.1, 0.15) is 28.2 Å². The minimum Gasteiger partial charge on any atom is -0.507 e. The third-order valence-corrected chi connectivity index (χ3v) is 7.01. The van der Waals surface area contributed by atoms with E-state index >= 15 is 0 Å². The van der Waals surface area contributed by atoms with Crippen LogP contribution in [-0.4, -0.2) is 11.0 Å². The molecule has 0 radical (unpaired) electrons. The van der Waals surface area contributed by atoms with Gasteiger partial charge in [-0.25, -0.2) is 0 Å². The summed E-state index contributed by atoms with van der Waals surface area (Å²) in [6.07, 6.45) is 0. The fraction of sp³-hybridized carbons (Fsp3) is 0.0882. The van der Waals surface area contributed by atoms with E-state index in [1.54, 1.807) is 12.1 Å². The van der Waals surface area contributed by atoms with E-state index in [9.17, 15) is 9.90 Å². The number of hydrogen-bond donors (Lipinski definition) is 1. The molecule has 1 unspecified atom stereocenters. The van der Waals surface area contributed by atoms with Gasteiger partial charge in [0, 0.05) is 17.3 Å². The van der Waals surface area contributed by atoms with Crippen molar-refractivity contribution in [2.24, 2.45) is 0 Å². The number of ether oxygens (including phenoxy) is 1.